The predicted octanol–water partition coefficient (Wildman–Crippen LogP) is 8.54. The molecule has 4 aromatic rings. The Morgan fingerprint density at radius 1 is 0.789 bits per heavy atom. The lowest BCUT2D eigenvalue weighted by molar-refractivity contribution is -0.145. The zero-order valence-corrected chi connectivity index (χ0v) is 23.3. The third-order valence-corrected chi connectivity index (χ3v) is 7.31. The Morgan fingerprint density at radius 3 is 2.05 bits per heavy atom. The van der Waals surface area contributed by atoms with Gasteiger partial charge in [0.25, 0.3) is 0 Å². The third-order valence-electron chi connectivity index (χ3n) is 7.31. The number of hydrogen-bond acceptors (Lipinski definition) is 3. The Morgan fingerprint density at radius 2 is 1.42 bits per heavy atom. The molecule has 3 nitrogen and oxygen atoms in total. The molecule has 0 aliphatic carbocycles. The molecular formula is C35H39NO2. The van der Waals surface area contributed by atoms with Crippen molar-refractivity contribution in [2.24, 2.45) is 0 Å². The average molecular weight is 506 g/mol. The number of nitrogens with zero attached hydrogens (tertiary/aromatic N) is 1. The van der Waals surface area contributed by atoms with Crippen LogP contribution in [0.25, 0.3) is 11.1 Å². The molecule has 0 radical (unpaired) electrons. The van der Waals surface area contributed by atoms with Crippen LogP contribution in [0.3, 0.4) is 0 Å². The van der Waals surface area contributed by atoms with Crippen molar-refractivity contribution in [2.45, 2.75) is 59.7 Å². The van der Waals surface area contributed by atoms with Crippen LogP contribution in [0, 0.1) is 20.8 Å². The summed E-state index contributed by atoms with van der Waals surface area (Å²) in [5.74, 6) is -0.175. The maximum atomic E-state index is 13.0. The lowest BCUT2D eigenvalue weighted by Crippen LogP contribution is -2.33. The van der Waals surface area contributed by atoms with Crippen molar-refractivity contribution in [1.82, 2.24) is 4.90 Å². The molecule has 0 aliphatic heterocycles. The highest BCUT2D eigenvalue weighted by atomic mass is 16.5. The largest absolute Gasteiger partial charge is 0.466 e. The molecule has 2 atom stereocenters. The first-order valence-corrected chi connectivity index (χ1v) is 13.6. The number of carbonyl (C=O) groups is 1. The highest BCUT2D eigenvalue weighted by Gasteiger charge is 2.29. The van der Waals surface area contributed by atoms with Crippen molar-refractivity contribution in [2.75, 3.05) is 6.61 Å². The molecular weight excluding hydrogens is 466 g/mol. The maximum Gasteiger partial charge on any atom is 0.307 e. The van der Waals surface area contributed by atoms with Crippen molar-refractivity contribution in [1.29, 1.82) is 0 Å². The first kappa shape index (κ1) is 27.3. The number of esters is 1. The van der Waals surface area contributed by atoms with Gasteiger partial charge < -0.3 is 4.74 Å². The summed E-state index contributed by atoms with van der Waals surface area (Å²) in [6, 6.07) is 34.2. The van der Waals surface area contributed by atoms with E-state index in [0.29, 0.717) is 13.2 Å². The van der Waals surface area contributed by atoms with Crippen molar-refractivity contribution in [3.05, 3.63) is 130 Å². The van der Waals surface area contributed by atoms with Gasteiger partial charge in [0.1, 0.15) is 0 Å². The minimum Gasteiger partial charge on any atom is -0.466 e. The van der Waals surface area contributed by atoms with Gasteiger partial charge in [0.05, 0.1) is 13.0 Å². The molecule has 0 saturated carbocycles. The molecule has 4 rings (SSSR count). The Labute approximate surface area is 228 Å². The van der Waals surface area contributed by atoms with Gasteiger partial charge >= 0.3 is 5.97 Å². The maximum absolute atomic E-state index is 13.0. The fourth-order valence-corrected chi connectivity index (χ4v) is 5.46. The Bertz CT molecular complexity index is 1330. The van der Waals surface area contributed by atoms with Gasteiger partial charge in [-0.15, -0.1) is 0 Å². The minimum absolute atomic E-state index is 0.0833. The summed E-state index contributed by atoms with van der Waals surface area (Å²) in [4.78, 5) is 15.5. The van der Waals surface area contributed by atoms with E-state index < -0.39 is 0 Å². The summed E-state index contributed by atoms with van der Waals surface area (Å²) in [5, 5.41) is 0. The van der Waals surface area contributed by atoms with Gasteiger partial charge in [0.15, 0.2) is 0 Å². The summed E-state index contributed by atoms with van der Waals surface area (Å²) in [6.45, 7) is 11.7. The highest BCUT2D eigenvalue weighted by Crippen LogP contribution is 2.38. The standard InChI is InChI=1S/C35H39NO2/c1-6-38-34(37)23-33(31-20-25(2)21-32(22-31)35-26(3)14-13-15-27(35)4)36(24-29-16-9-7-10-17-29)28(5)30-18-11-8-12-19-30/h7-22,28,33H,6,23-24H2,1-5H3/t28-,33+/m1/s1. The molecule has 196 valence electrons. The van der Waals surface area contributed by atoms with Crippen LogP contribution in [-0.2, 0) is 16.1 Å². The zero-order valence-electron chi connectivity index (χ0n) is 23.3. The molecule has 38 heavy (non-hydrogen) atoms. The fourth-order valence-electron chi connectivity index (χ4n) is 5.46. The molecule has 0 aliphatic rings. The Kier molecular flexibility index (Phi) is 9.15. The van der Waals surface area contributed by atoms with E-state index in [1.54, 1.807) is 0 Å². The zero-order chi connectivity index (χ0) is 27.1. The van der Waals surface area contributed by atoms with Crippen LogP contribution in [0.4, 0.5) is 0 Å². The summed E-state index contributed by atoms with van der Waals surface area (Å²) in [7, 11) is 0. The number of carbonyl (C=O) groups excluding carboxylic acids is 1. The van der Waals surface area contributed by atoms with Gasteiger partial charge in [-0.1, -0.05) is 96.6 Å². The summed E-state index contributed by atoms with van der Waals surface area (Å²) < 4.78 is 5.50. The van der Waals surface area contributed by atoms with E-state index in [1.165, 1.54) is 38.9 Å². The van der Waals surface area contributed by atoms with Crippen molar-refractivity contribution < 1.29 is 9.53 Å². The number of ether oxygens (including phenoxy) is 1. The SMILES string of the molecule is CCOC(=O)C[C@@H](c1cc(C)cc(-c2c(C)cccc2C)c1)N(Cc1ccccc1)[C@H](C)c1ccccc1. The molecule has 0 heterocycles. The van der Waals surface area contributed by atoms with E-state index in [0.717, 1.165) is 5.56 Å². The van der Waals surface area contributed by atoms with Gasteiger partial charge in [-0.05, 0) is 79.6 Å². The second-order valence-electron chi connectivity index (χ2n) is 10.2. The second-order valence-corrected chi connectivity index (χ2v) is 10.2. The van der Waals surface area contributed by atoms with Gasteiger partial charge in [0, 0.05) is 18.6 Å². The van der Waals surface area contributed by atoms with E-state index in [1.807, 2.05) is 19.1 Å². The number of benzene rings is 4. The number of aryl methyl sites for hydroxylation is 3. The third kappa shape index (κ3) is 6.59. The molecule has 0 amide bonds. The van der Waals surface area contributed by atoms with E-state index in [2.05, 4.69) is 118 Å². The van der Waals surface area contributed by atoms with Crippen molar-refractivity contribution in [3.63, 3.8) is 0 Å². The average Bonchev–Trinajstić information content (AvgIpc) is 2.91. The molecule has 3 heteroatoms. The quantitative estimate of drug-likeness (QED) is 0.202. The summed E-state index contributed by atoms with van der Waals surface area (Å²) >= 11 is 0. The first-order chi connectivity index (χ1) is 18.4. The lowest BCUT2D eigenvalue weighted by Gasteiger charge is -2.37. The van der Waals surface area contributed by atoms with E-state index in [9.17, 15) is 4.79 Å². The van der Waals surface area contributed by atoms with E-state index >= 15 is 0 Å². The molecule has 0 aromatic heterocycles. The molecule has 0 saturated heterocycles. The number of rotatable bonds is 10. The van der Waals surface area contributed by atoms with Crippen LogP contribution < -0.4 is 0 Å². The normalized spacial score (nSPS) is 12.8. The highest BCUT2D eigenvalue weighted by molar-refractivity contribution is 5.73. The molecule has 0 fully saturated rings. The molecule has 0 spiro atoms. The van der Waals surface area contributed by atoms with Gasteiger partial charge in [0.2, 0.25) is 0 Å². The lowest BCUT2D eigenvalue weighted by atomic mass is 9.89. The second kappa shape index (κ2) is 12.7. The van der Waals surface area contributed by atoms with Crippen LogP contribution >= 0.6 is 0 Å². The molecule has 0 N–H and O–H groups in total. The summed E-state index contributed by atoms with van der Waals surface area (Å²) in [6.07, 6.45) is 0.285. The van der Waals surface area contributed by atoms with E-state index in [4.69, 9.17) is 4.74 Å². The van der Waals surface area contributed by atoms with Crippen molar-refractivity contribution >= 4 is 5.97 Å². The monoisotopic (exact) mass is 505 g/mol. The van der Waals surface area contributed by atoms with Crippen molar-refractivity contribution in [3.8, 4) is 11.1 Å². The Balaban J connectivity index is 1.86. The van der Waals surface area contributed by atoms with Crippen LogP contribution in [-0.4, -0.2) is 17.5 Å². The van der Waals surface area contributed by atoms with Gasteiger partial charge in [-0.2, -0.15) is 0 Å². The van der Waals surface area contributed by atoms with E-state index in [-0.39, 0.29) is 24.5 Å². The predicted molar refractivity (Wildman–Crippen MR) is 157 cm³/mol. The number of hydrogen-bond donors (Lipinski definition) is 0. The molecule has 4 aromatic carbocycles. The smallest absolute Gasteiger partial charge is 0.307 e. The first-order valence-electron chi connectivity index (χ1n) is 13.6. The van der Waals surface area contributed by atoms with Crippen LogP contribution in [0.5, 0.6) is 0 Å². The van der Waals surface area contributed by atoms with Crippen LogP contribution in [0.1, 0.15) is 65.7 Å². The minimum atomic E-state index is -0.175. The molecule has 0 bridgehead atoms. The molecule has 0 unspecified atom stereocenters. The van der Waals surface area contributed by atoms with Gasteiger partial charge in [-0.25, -0.2) is 0 Å². The topological polar surface area (TPSA) is 29.5 Å². The fraction of sp³-hybridized carbons (Fsp3) is 0.286. The van der Waals surface area contributed by atoms with Gasteiger partial charge in [-0.3, -0.25) is 9.69 Å². The summed E-state index contributed by atoms with van der Waals surface area (Å²) in [5.41, 5.74) is 9.71. The Hall–Kier alpha value is -3.69. The van der Waals surface area contributed by atoms with Crippen LogP contribution in [0.15, 0.2) is 97.1 Å². The van der Waals surface area contributed by atoms with Crippen LogP contribution in [0.2, 0.25) is 0 Å².